The standard InChI is InChI=1S/C18H13Cl3N2O3/c19-11-6-13(20)18(14(21)7-11)23-16(24)9-26-17(25)5-10-8-22-15-4-2-1-3-12(10)15/h1-4,6-8,22H,5,9H2,(H,23,24). The number of nitrogens with one attached hydrogen (secondary N) is 2. The van der Waals surface area contributed by atoms with E-state index in [1.54, 1.807) is 6.20 Å². The first-order chi connectivity index (χ1) is 12.4. The molecule has 26 heavy (non-hydrogen) atoms. The van der Waals surface area contributed by atoms with Crippen molar-refractivity contribution in [2.45, 2.75) is 6.42 Å². The molecule has 134 valence electrons. The van der Waals surface area contributed by atoms with Crippen LogP contribution in [0.25, 0.3) is 10.9 Å². The van der Waals surface area contributed by atoms with Gasteiger partial charge in [-0.05, 0) is 23.8 Å². The minimum Gasteiger partial charge on any atom is -0.455 e. The van der Waals surface area contributed by atoms with Gasteiger partial charge in [0.25, 0.3) is 5.91 Å². The molecule has 0 fully saturated rings. The zero-order valence-electron chi connectivity index (χ0n) is 13.3. The van der Waals surface area contributed by atoms with Crippen molar-refractivity contribution in [3.8, 4) is 0 Å². The maximum Gasteiger partial charge on any atom is 0.310 e. The fourth-order valence-corrected chi connectivity index (χ4v) is 3.38. The molecule has 0 saturated carbocycles. The zero-order chi connectivity index (χ0) is 18.7. The second-order valence-corrected chi connectivity index (χ2v) is 6.74. The Morgan fingerprint density at radius 2 is 1.77 bits per heavy atom. The Morgan fingerprint density at radius 1 is 1.08 bits per heavy atom. The summed E-state index contributed by atoms with van der Waals surface area (Å²) in [5.74, 6) is -1.07. The quantitative estimate of drug-likeness (QED) is 0.589. The highest BCUT2D eigenvalue weighted by Crippen LogP contribution is 2.33. The predicted octanol–water partition coefficient (Wildman–Crippen LogP) is 4.85. The lowest BCUT2D eigenvalue weighted by Crippen LogP contribution is -2.22. The van der Waals surface area contributed by atoms with Gasteiger partial charge in [-0.15, -0.1) is 0 Å². The van der Waals surface area contributed by atoms with Gasteiger partial charge in [-0.2, -0.15) is 0 Å². The Labute approximate surface area is 164 Å². The lowest BCUT2D eigenvalue weighted by atomic mass is 10.1. The van der Waals surface area contributed by atoms with Crippen molar-refractivity contribution in [3.63, 3.8) is 0 Å². The van der Waals surface area contributed by atoms with Crippen LogP contribution in [0.5, 0.6) is 0 Å². The van der Waals surface area contributed by atoms with Gasteiger partial charge < -0.3 is 15.0 Å². The number of H-pyrrole nitrogens is 1. The average molecular weight is 412 g/mol. The van der Waals surface area contributed by atoms with Crippen LogP contribution in [0.2, 0.25) is 15.1 Å². The van der Waals surface area contributed by atoms with Crippen LogP contribution >= 0.6 is 34.8 Å². The number of hydrogen-bond donors (Lipinski definition) is 2. The van der Waals surface area contributed by atoms with Crippen molar-refractivity contribution in [1.29, 1.82) is 0 Å². The molecule has 1 amide bonds. The number of carbonyl (C=O) groups excluding carboxylic acids is 2. The van der Waals surface area contributed by atoms with E-state index < -0.39 is 18.5 Å². The van der Waals surface area contributed by atoms with Gasteiger partial charge >= 0.3 is 5.97 Å². The molecule has 0 aliphatic rings. The van der Waals surface area contributed by atoms with Crippen LogP contribution in [0, 0.1) is 0 Å². The van der Waals surface area contributed by atoms with Crippen LogP contribution in [-0.2, 0) is 20.7 Å². The highest BCUT2D eigenvalue weighted by atomic mass is 35.5. The Kier molecular flexibility index (Phi) is 5.71. The van der Waals surface area contributed by atoms with Crippen LogP contribution in [-0.4, -0.2) is 23.5 Å². The molecule has 2 N–H and O–H groups in total. The predicted molar refractivity (Wildman–Crippen MR) is 103 cm³/mol. The third-order valence-corrected chi connectivity index (χ3v) is 4.46. The van der Waals surface area contributed by atoms with Crippen LogP contribution in [0.1, 0.15) is 5.56 Å². The first-order valence-corrected chi connectivity index (χ1v) is 8.72. The van der Waals surface area contributed by atoms with E-state index in [1.807, 2.05) is 24.3 Å². The molecule has 3 rings (SSSR count). The zero-order valence-corrected chi connectivity index (χ0v) is 15.6. The highest BCUT2D eigenvalue weighted by molar-refractivity contribution is 6.42. The van der Waals surface area contributed by atoms with Gasteiger partial charge in [-0.25, -0.2) is 0 Å². The second-order valence-electron chi connectivity index (χ2n) is 5.49. The number of hydrogen-bond acceptors (Lipinski definition) is 3. The number of aromatic amines is 1. The SMILES string of the molecule is O=C(COC(=O)Cc1c[nH]c2ccccc12)Nc1c(Cl)cc(Cl)cc1Cl. The van der Waals surface area contributed by atoms with Crippen molar-refractivity contribution in [3.05, 3.63) is 63.2 Å². The number of rotatable bonds is 5. The maximum atomic E-state index is 12.0. The number of halogens is 3. The summed E-state index contributed by atoms with van der Waals surface area (Å²) in [6, 6.07) is 10.5. The highest BCUT2D eigenvalue weighted by Gasteiger charge is 2.14. The summed E-state index contributed by atoms with van der Waals surface area (Å²) in [4.78, 5) is 27.1. The first kappa shape index (κ1) is 18.6. The van der Waals surface area contributed by atoms with E-state index in [0.29, 0.717) is 5.02 Å². The normalized spacial score (nSPS) is 10.7. The van der Waals surface area contributed by atoms with Gasteiger partial charge in [0.05, 0.1) is 22.2 Å². The van der Waals surface area contributed by atoms with E-state index in [2.05, 4.69) is 10.3 Å². The summed E-state index contributed by atoms with van der Waals surface area (Å²) < 4.78 is 5.02. The number of ether oxygens (including phenoxy) is 1. The van der Waals surface area contributed by atoms with E-state index in [4.69, 9.17) is 39.5 Å². The lowest BCUT2D eigenvalue weighted by molar-refractivity contribution is -0.146. The third-order valence-electron chi connectivity index (χ3n) is 3.65. The number of carbonyl (C=O) groups is 2. The van der Waals surface area contributed by atoms with Gasteiger partial charge in [-0.3, -0.25) is 9.59 Å². The summed E-state index contributed by atoms with van der Waals surface area (Å²) in [7, 11) is 0. The molecule has 0 saturated heterocycles. The third kappa shape index (κ3) is 4.30. The fraction of sp³-hybridized carbons (Fsp3) is 0.111. The Hall–Kier alpha value is -2.21. The van der Waals surface area contributed by atoms with Crippen molar-refractivity contribution in [1.82, 2.24) is 4.98 Å². The number of esters is 1. The van der Waals surface area contributed by atoms with E-state index in [9.17, 15) is 9.59 Å². The smallest absolute Gasteiger partial charge is 0.310 e. The number of amides is 1. The molecule has 8 heteroatoms. The summed E-state index contributed by atoms with van der Waals surface area (Å²) in [6.45, 7) is -0.448. The van der Waals surface area contributed by atoms with E-state index >= 15 is 0 Å². The molecular weight excluding hydrogens is 399 g/mol. The minimum atomic E-state index is -0.552. The molecule has 0 unspecified atom stereocenters. The minimum absolute atomic E-state index is 0.0553. The topological polar surface area (TPSA) is 71.2 Å². The summed E-state index contributed by atoms with van der Waals surface area (Å²) in [5.41, 5.74) is 1.95. The average Bonchev–Trinajstić information content (AvgIpc) is 2.99. The molecule has 0 bridgehead atoms. The van der Waals surface area contributed by atoms with Gasteiger partial charge in [0, 0.05) is 22.1 Å². The Morgan fingerprint density at radius 3 is 2.50 bits per heavy atom. The van der Waals surface area contributed by atoms with Crippen LogP contribution < -0.4 is 5.32 Å². The maximum absolute atomic E-state index is 12.0. The largest absolute Gasteiger partial charge is 0.455 e. The van der Waals surface area contributed by atoms with Crippen LogP contribution in [0.3, 0.4) is 0 Å². The van der Waals surface area contributed by atoms with E-state index in [0.717, 1.165) is 16.5 Å². The second kappa shape index (κ2) is 7.99. The van der Waals surface area contributed by atoms with E-state index in [-0.39, 0.29) is 22.2 Å². The van der Waals surface area contributed by atoms with Crippen LogP contribution in [0.15, 0.2) is 42.6 Å². The molecule has 0 radical (unpaired) electrons. The van der Waals surface area contributed by atoms with E-state index in [1.165, 1.54) is 12.1 Å². The summed E-state index contributed by atoms with van der Waals surface area (Å²) >= 11 is 17.8. The van der Waals surface area contributed by atoms with Crippen molar-refractivity contribution >= 4 is 63.3 Å². The van der Waals surface area contributed by atoms with Crippen molar-refractivity contribution in [2.75, 3.05) is 11.9 Å². The fourth-order valence-electron chi connectivity index (χ4n) is 2.47. The van der Waals surface area contributed by atoms with Gasteiger partial charge in [0.2, 0.25) is 0 Å². The van der Waals surface area contributed by atoms with Crippen molar-refractivity contribution < 1.29 is 14.3 Å². The Balaban J connectivity index is 1.57. The summed E-state index contributed by atoms with van der Waals surface area (Å²) in [5, 5.41) is 4.18. The number of fused-ring (bicyclic) bond motifs is 1. The molecule has 0 atom stereocenters. The molecule has 0 aliphatic heterocycles. The summed E-state index contributed by atoms with van der Waals surface area (Å²) in [6.07, 6.45) is 1.80. The molecule has 3 aromatic rings. The molecule has 1 heterocycles. The van der Waals surface area contributed by atoms with Gasteiger partial charge in [0.15, 0.2) is 6.61 Å². The molecule has 0 spiro atoms. The van der Waals surface area contributed by atoms with Crippen molar-refractivity contribution in [2.24, 2.45) is 0 Å². The molecular formula is C18H13Cl3N2O3. The first-order valence-electron chi connectivity index (χ1n) is 7.59. The monoisotopic (exact) mass is 410 g/mol. The number of anilines is 1. The number of benzene rings is 2. The van der Waals surface area contributed by atoms with Crippen LogP contribution in [0.4, 0.5) is 5.69 Å². The number of aromatic nitrogens is 1. The molecule has 2 aromatic carbocycles. The van der Waals surface area contributed by atoms with Gasteiger partial charge in [0.1, 0.15) is 0 Å². The van der Waals surface area contributed by atoms with Gasteiger partial charge in [-0.1, -0.05) is 53.0 Å². The molecule has 0 aliphatic carbocycles. The lowest BCUT2D eigenvalue weighted by Gasteiger charge is -2.10. The molecule has 5 nitrogen and oxygen atoms in total. The number of para-hydroxylation sites is 1. The molecule has 1 aromatic heterocycles. The Bertz CT molecular complexity index is 962.